The third kappa shape index (κ3) is 8.15. The molecule has 0 radical (unpaired) electrons. The lowest BCUT2D eigenvalue weighted by atomic mass is 10.0. The van der Waals surface area contributed by atoms with Crippen LogP contribution in [-0.4, -0.2) is 44.3 Å². The van der Waals surface area contributed by atoms with Crippen molar-refractivity contribution in [1.82, 2.24) is 10.2 Å². The number of hydrogen-bond acceptors (Lipinski definition) is 4. The van der Waals surface area contributed by atoms with E-state index in [1.54, 1.807) is 36.4 Å². The molecule has 0 fully saturated rings. The maximum atomic E-state index is 14.5. The zero-order valence-electron chi connectivity index (χ0n) is 25.2. The molecule has 1 N–H and O–H groups in total. The van der Waals surface area contributed by atoms with E-state index in [0.29, 0.717) is 18.7 Å². The molecular weight excluding hydrogens is 638 g/mol. The third-order valence-electron chi connectivity index (χ3n) is 7.39. The second-order valence-corrected chi connectivity index (χ2v) is 13.3. The van der Waals surface area contributed by atoms with Gasteiger partial charge in [0, 0.05) is 24.0 Å². The predicted octanol–water partition coefficient (Wildman–Crippen LogP) is 6.29. The Morgan fingerprint density at radius 1 is 0.841 bits per heavy atom. The predicted molar refractivity (Wildman–Crippen MR) is 179 cm³/mol. The van der Waals surface area contributed by atoms with Crippen molar-refractivity contribution in [3.63, 3.8) is 0 Å². The van der Waals surface area contributed by atoms with Crippen molar-refractivity contribution in [2.45, 2.75) is 51.1 Å². The molecule has 9 heteroatoms. The van der Waals surface area contributed by atoms with E-state index >= 15 is 0 Å². The maximum absolute atomic E-state index is 14.5. The lowest BCUT2D eigenvalue weighted by Crippen LogP contribution is -2.53. The number of rotatable bonds is 13. The fourth-order valence-corrected chi connectivity index (χ4v) is 6.98. The molecule has 2 amide bonds. The van der Waals surface area contributed by atoms with Crippen LogP contribution in [0.5, 0.6) is 0 Å². The molecule has 1 unspecified atom stereocenters. The van der Waals surface area contributed by atoms with Crippen LogP contribution in [0.2, 0.25) is 0 Å². The summed E-state index contributed by atoms with van der Waals surface area (Å²) in [6.45, 7) is 5.68. The third-order valence-corrected chi connectivity index (χ3v) is 9.66. The molecule has 0 aromatic heterocycles. The van der Waals surface area contributed by atoms with Crippen LogP contribution in [0, 0.1) is 6.92 Å². The first-order valence-electron chi connectivity index (χ1n) is 14.7. The van der Waals surface area contributed by atoms with E-state index in [0.717, 1.165) is 26.7 Å². The van der Waals surface area contributed by atoms with Gasteiger partial charge < -0.3 is 10.2 Å². The number of aryl methyl sites for hydroxylation is 2. The van der Waals surface area contributed by atoms with Gasteiger partial charge in [0.1, 0.15) is 12.6 Å². The van der Waals surface area contributed by atoms with Gasteiger partial charge in [-0.15, -0.1) is 0 Å². The summed E-state index contributed by atoms with van der Waals surface area (Å²) in [7, 11) is -4.15. The Balaban J connectivity index is 1.82. The molecule has 0 saturated carbocycles. The maximum Gasteiger partial charge on any atom is 0.264 e. The highest BCUT2D eigenvalue weighted by Crippen LogP contribution is 2.29. The number of sulfonamides is 1. The average molecular weight is 677 g/mol. The standard InChI is InChI=1S/C35H38BrN3O4S/c1-4-29-15-9-10-17-32(29)39(44(42,43)31-20-18-26(3)19-21-31)25-34(40)38(24-28-14-11-16-30(36)22-28)33(35(41)37-5-2)23-27-12-7-6-8-13-27/h6-22,33H,4-5,23-25H2,1-3H3,(H,37,41). The number of nitrogens with one attached hydrogen (secondary N) is 1. The number of nitrogens with zero attached hydrogens (tertiary/aromatic N) is 2. The Morgan fingerprint density at radius 3 is 2.16 bits per heavy atom. The summed E-state index contributed by atoms with van der Waals surface area (Å²) in [5.74, 6) is -0.791. The van der Waals surface area contributed by atoms with Crippen LogP contribution in [0.15, 0.2) is 112 Å². The van der Waals surface area contributed by atoms with Gasteiger partial charge in [0.25, 0.3) is 10.0 Å². The molecule has 4 rings (SSSR count). The molecule has 0 heterocycles. The summed E-state index contributed by atoms with van der Waals surface area (Å²) in [5, 5.41) is 2.89. The molecule has 0 aliphatic carbocycles. The summed E-state index contributed by atoms with van der Waals surface area (Å²) >= 11 is 3.51. The molecule has 0 aliphatic rings. The highest BCUT2D eigenvalue weighted by atomic mass is 79.9. The lowest BCUT2D eigenvalue weighted by Gasteiger charge is -2.34. The van der Waals surface area contributed by atoms with Gasteiger partial charge in [-0.2, -0.15) is 0 Å². The first-order chi connectivity index (χ1) is 21.1. The van der Waals surface area contributed by atoms with Crippen molar-refractivity contribution in [2.24, 2.45) is 0 Å². The van der Waals surface area contributed by atoms with Crippen LogP contribution in [0.4, 0.5) is 5.69 Å². The molecule has 0 spiro atoms. The van der Waals surface area contributed by atoms with E-state index < -0.39 is 28.5 Å². The van der Waals surface area contributed by atoms with Gasteiger partial charge >= 0.3 is 0 Å². The molecule has 0 saturated heterocycles. The zero-order valence-corrected chi connectivity index (χ0v) is 27.6. The van der Waals surface area contributed by atoms with Gasteiger partial charge in [-0.1, -0.05) is 101 Å². The second-order valence-electron chi connectivity index (χ2n) is 10.6. The summed E-state index contributed by atoms with van der Waals surface area (Å²) in [5.41, 5.74) is 3.84. The summed E-state index contributed by atoms with van der Waals surface area (Å²) in [6.07, 6.45) is 0.838. The lowest BCUT2D eigenvalue weighted by molar-refractivity contribution is -0.140. The quantitative estimate of drug-likeness (QED) is 0.180. The van der Waals surface area contributed by atoms with Crippen LogP contribution in [0.25, 0.3) is 0 Å². The largest absolute Gasteiger partial charge is 0.355 e. The van der Waals surface area contributed by atoms with Crippen LogP contribution in [-0.2, 0) is 39.0 Å². The Bertz CT molecular complexity index is 1680. The molecule has 0 aliphatic heterocycles. The number of carbonyl (C=O) groups is 2. The van der Waals surface area contributed by atoms with Crippen LogP contribution < -0.4 is 9.62 Å². The highest BCUT2D eigenvalue weighted by molar-refractivity contribution is 9.10. The number of carbonyl (C=O) groups excluding carboxylic acids is 2. The minimum absolute atomic E-state index is 0.0879. The highest BCUT2D eigenvalue weighted by Gasteiger charge is 2.35. The Morgan fingerprint density at radius 2 is 1.50 bits per heavy atom. The van der Waals surface area contributed by atoms with E-state index in [2.05, 4.69) is 21.2 Å². The Kier molecular flexibility index (Phi) is 11.4. The van der Waals surface area contributed by atoms with E-state index in [-0.39, 0.29) is 23.8 Å². The molecule has 44 heavy (non-hydrogen) atoms. The number of likely N-dealkylation sites (N-methyl/N-ethyl adjacent to an activating group) is 1. The van der Waals surface area contributed by atoms with Gasteiger partial charge in [-0.25, -0.2) is 8.42 Å². The van der Waals surface area contributed by atoms with E-state index in [1.807, 2.05) is 87.5 Å². The molecule has 4 aromatic rings. The van der Waals surface area contributed by atoms with Crippen molar-refractivity contribution in [3.05, 3.63) is 130 Å². The van der Waals surface area contributed by atoms with E-state index in [4.69, 9.17) is 0 Å². The van der Waals surface area contributed by atoms with Gasteiger partial charge in [0.2, 0.25) is 11.8 Å². The smallest absolute Gasteiger partial charge is 0.264 e. The first-order valence-corrected chi connectivity index (χ1v) is 16.9. The average Bonchev–Trinajstić information content (AvgIpc) is 3.02. The fourth-order valence-electron chi connectivity index (χ4n) is 5.08. The van der Waals surface area contributed by atoms with Crippen LogP contribution in [0.1, 0.15) is 36.1 Å². The molecule has 230 valence electrons. The van der Waals surface area contributed by atoms with Crippen molar-refractivity contribution in [2.75, 3.05) is 17.4 Å². The van der Waals surface area contributed by atoms with Gasteiger partial charge in [-0.05, 0) is 67.3 Å². The number of halogens is 1. The van der Waals surface area contributed by atoms with E-state index in [9.17, 15) is 18.0 Å². The Labute approximate surface area is 269 Å². The number of amides is 2. The normalized spacial score (nSPS) is 11.9. The number of anilines is 1. The number of benzene rings is 4. The van der Waals surface area contributed by atoms with Crippen molar-refractivity contribution in [1.29, 1.82) is 0 Å². The first kappa shape index (κ1) is 33.0. The fraction of sp³-hybridized carbons (Fsp3) is 0.257. The minimum Gasteiger partial charge on any atom is -0.355 e. The van der Waals surface area contributed by atoms with Gasteiger partial charge in [-0.3, -0.25) is 13.9 Å². The van der Waals surface area contributed by atoms with Crippen molar-refractivity contribution in [3.8, 4) is 0 Å². The van der Waals surface area contributed by atoms with Crippen molar-refractivity contribution >= 4 is 43.5 Å². The molecular formula is C35H38BrN3O4S. The molecule has 4 aromatic carbocycles. The minimum atomic E-state index is -4.15. The number of hydrogen-bond donors (Lipinski definition) is 1. The molecule has 1 atom stereocenters. The number of para-hydroxylation sites is 1. The SMILES string of the molecule is CCNC(=O)C(Cc1ccccc1)N(Cc1cccc(Br)c1)C(=O)CN(c1ccccc1CC)S(=O)(=O)c1ccc(C)cc1. The second kappa shape index (κ2) is 15.2. The monoisotopic (exact) mass is 675 g/mol. The molecule has 0 bridgehead atoms. The summed E-state index contributed by atoms with van der Waals surface area (Å²) in [6, 6.07) is 30.0. The van der Waals surface area contributed by atoms with E-state index in [1.165, 1.54) is 9.21 Å². The van der Waals surface area contributed by atoms with Crippen LogP contribution >= 0.6 is 15.9 Å². The van der Waals surface area contributed by atoms with Gasteiger partial charge in [0.05, 0.1) is 10.6 Å². The molecule has 7 nitrogen and oxygen atoms in total. The van der Waals surface area contributed by atoms with Gasteiger partial charge in [0.15, 0.2) is 0 Å². The van der Waals surface area contributed by atoms with Crippen LogP contribution in [0.3, 0.4) is 0 Å². The van der Waals surface area contributed by atoms with Crippen molar-refractivity contribution < 1.29 is 18.0 Å². The Hall–Kier alpha value is -3.95. The summed E-state index contributed by atoms with van der Waals surface area (Å²) < 4.78 is 30.5. The summed E-state index contributed by atoms with van der Waals surface area (Å²) in [4.78, 5) is 29.7. The topological polar surface area (TPSA) is 86.8 Å². The zero-order chi connectivity index (χ0) is 31.7.